The van der Waals surface area contributed by atoms with Gasteiger partial charge in [0.05, 0.1) is 5.52 Å². The second kappa shape index (κ2) is 8.53. The van der Waals surface area contributed by atoms with E-state index in [0.29, 0.717) is 11.5 Å². The van der Waals surface area contributed by atoms with Crippen molar-refractivity contribution in [2.75, 3.05) is 19.6 Å². The van der Waals surface area contributed by atoms with Gasteiger partial charge in [-0.1, -0.05) is 35.9 Å². The molecule has 4 rings (SSSR count). The van der Waals surface area contributed by atoms with Crippen molar-refractivity contribution in [2.45, 2.75) is 26.3 Å². The summed E-state index contributed by atoms with van der Waals surface area (Å²) in [6.45, 7) is 6.08. The number of carbonyl (C=O) groups excluding carboxylic acids is 1. The molecule has 1 aromatic heterocycles. The minimum Gasteiger partial charge on any atom is -0.352 e. The first-order valence-corrected chi connectivity index (χ1v) is 10.1. The van der Waals surface area contributed by atoms with E-state index in [0.717, 1.165) is 49.9 Å². The molecule has 1 amide bonds. The van der Waals surface area contributed by atoms with E-state index < -0.39 is 0 Å². The first-order valence-electron chi connectivity index (χ1n) is 10.1. The van der Waals surface area contributed by atoms with Crippen molar-refractivity contribution in [3.05, 3.63) is 77.5 Å². The van der Waals surface area contributed by atoms with Crippen molar-refractivity contribution in [2.24, 2.45) is 5.92 Å². The lowest BCUT2D eigenvalue weighted by molar-refractivity contribution is 0.0935. The lowest BCUT2D eigenvalue weighted by Crippen LogP contribution is -2.38. The second-order valence-electron chi connectivity index (χ2n) is 7.83. The van der Waals surface area contributed by atoms with Crippen LogP contribution in [0, 0.1) is 12.8 Å². The van der Waals surface area contributed by atoms with Gasteiger partial charge in [0.15, 0.2) is 0 Å². The largest absolute Gasteiger partial charge is 0.352 e. The van der Waals surface area contributed by atoms with E-state index in [1.54, 1.807) is 6.20 Å². The molecule has 28 heavy (non-hydrogen) atoms. The second-order valence-corrected chi connectivity index (χ2v) is 7.83. The van der Waals surface area contributed by atoms with Crippen molar-refractivity contribution in [3.63, 3.8) is 0 Å². The number of aromatic nitrogens is 1. The zero-order chi connectivity index (χ0) is 19.3. The van der Waals surface area contributed by atoms with Gasteiger partial charge in [-0.05, 0) is 68.6 Å². The van der Waals surface area contributed by atoms with Crippen LogP contribution in [-0.2, 0) is 6.54 Å². The number of amides is 1. The molecule has 0 radical (unpaired) electrons. The Morgan fingerprint density at radius 1 is 1.11 bits per heavy atom. The Labute approximate surface area is 166 Å². The smallest absolute Gasteiger partial charge is 0.251 e. The molecule has 0 atom stereocenters. The standard InChI is InChI=1S/C24H27N3O/c1-18-4-6-20(7-5-18)17-27-13-10-19(11-14-27)16-26-24(28)22-8-9-23-21(15-22)3-2-12-25-23/h2-9,12,15,19H,10-11,13-14,16-17H2,1H3,(H,26,28). The molecule has 1 aliphatic rings. The van der Waals surface area contributed by atoms with Gasteiger partial charge in [-0.25, -0.2) is 0 Å². The third kappa shape index (κ3) is 4.57. The average Bonchev–Trinajstić information content (AvgIpc) is 2.74. The molecule has 0 spiro atoms. The maximum absolute atomic E-state index is 12.5. The van der Waals surface area contributed by atoms with Crippen LogP contribution in [0.5, 0.6) is 0 Å². The van der Waals surface area contributed by atoms with Crippen LogP contribution in [0.15, 0.2) is 60.8 Å². The molecule has 4 heteroatoms. The Kier molecular flexibility index (Phi) is 5.68. The van der Waals surface area contributed by atoms with Gasteiger partial charge in [-0.15, -0.1) is 0 Å². The zero-order valence-electron chi connectivity index (χ0n) is 16.4. The predicted molar refractivity (Wildman–Crippen MR) is 113 cm³/mol. The summed E-state index contributed by atoms with van der Waals surface area (Å²) in [5.74, 6) is 0.563. The van der Waals surface area contributed by atoms with Crippen LogP contribution in [0.25, 0.3) is 10.9 Å². The maximum atomic E-state index is 12.5. The molecular weight excluding hydrogens is 346 g/mol. The summed E-state index contributed by atoms with van der Waals surface area (Å²) < 4.78 is 0. The van der Waals surface area contributed by atoms with Gasteiger partial charge in [-0.2, -0.15) is 0 Å². The monoisotopic (exact) mass is 373 g/mol. The van der Waals surface area contributed by atoms with Gasteiger partial charge in [0.1, 0.15) is 0 Å². The zero-order valence-corrected chi connectivity index (χ0v) is 16.4. The lowest BCUT2D eigenvalue weighted by Gasteiger charge is -2.32. The normalized spacial score (nSPS) is 15.6. The third-order valence-corrected chi connectivity index (χ3v) is 5.65. The number of fused-ring (bicyclic) bond motifs is 1. The van der Waals surface area contributed by atoms with Gasteiger partial charge in [0, 0.05) is 30.2 Å². The van der Waals surface area contributed by atoms with E-state index in [1.807, 2.05) is 30.3 Å². The molecule has 0 bridgehead atoms. The number of piperidine rings is 1. The number of hydrogen-bond acceptors (Lipinski definition) is 3. The SMILES string of the molecule is Cc1ccc(CN2CCC(CNC(=O)c3ccc4ncccc4c3)CC2)cc1. The molecule has 2 heterocycles. The van der Waals surface area contributed by atoms with Crippen LogP contribution in [0.4, 0.5) is 0 Å². The fourth-order valence-electron chi connectivity index (χ4n) is 3.86. The van der Waals surface area contributed by atoms with Crippen molar-refractivity contribution < 1.29 is 4.79 Å². The summed E-state index contributed by atoms with van der Waals surface area (Å²) >= 11 is 0. The number of benzene rings is 2. The molecule has 1 N–H and O–H groups in total. The van der Waals surface area contributed by atoms with E-state index in [-0.39, 0.29) is 5.91 Å². The van der Waals surface area contributed by atoms with Crippen LogP contribution >= 0.6 is 0 Å². The fraction of sp³-hybridized carbons (Fsp3) is 0.333. The Morgan fingerprint density at radius 2 is 1.89 bits per heavy atom. The molecule has 144 valence electrons. The summed E-state index contributed by atoms with van der Waals surface area (Å²) in [5.41, 5.74) is 4.31. The van der Waals surface area contributed by atoms with E-state index >= 15 is 0 Å². The Balaban J connectivity index is 1.25. The molecule has 4 nitrogen and oxygen atoms in total. The topological polar surface area (TPSA) is 45.2 Å². The molecule has 3 aromatic rings. The third-order valence-electron chi connectivity index (χ3n) is 5.65. The molecule has 0 aliphatic carbocycles. The Bertz CT molecular complexity index is 943. The quantitative estimate of drug-likeness (QED) is 0.729. The number of pyridine rings is 1. The Hall–Kier alpha value is -2.72. The first kappa shape index (κ1) is 18.6. The van der Waals surface area contributed by atoms with E-state index in [9.17, 15) is 4.79 Å². The number of likely N-dealkylation sites (tertiary alicyclic amines) is 1. The van der Waals surface area contributed by atoms with Crippen LogP contribution in [0.2, 0.25) is 0 Å². The van der Waals surface area contributed by atoms with E-state index in [1.165, 1.54) is 11.1 Å². The van der Waals surface area contributed by atoms with Crippen LogP contribution < -0.4 is 5.32 Å². The highest BCUT2D eigenvalue weighted by molar-refractivity contribution is 5.97. The molecule has 1 aliphatic heterocycles. The summed E-state index contributed by atoms with van der Waals surface area (Å²) in [6.07, 6.45) is 4.04. The molecule has 2 aromatic carbocycles. The molecular formula is C24H27N3O. The number of rotatable bonds is 5. The van der Waals surface area contributed by atoms with Gasteiger partial charge in [-0.3, -0.25) is 14.7 Å². The molecule has 0 saturated carbocycles. The van der Waals surface area contributed by atoms with Gasteiger partial charge in [0.2, 0.25) is 0 Å². The van der Waals surface area contributed by atoms with E-state index in [2.05, 4.69) is 46.4 Å². The lowest BCUT2D eigenvalue weighted by atomic mass is 9.96. The number of nitrogens with one attached hydrogen (secondary N) is 1. The predicted octanol–water partition coefficient (Wildman–Crippen LogP) is 4.19. The van der Waals surface area contributed by atoms with Crippen molar-refractivity contribution in [1.82, 2.24) is 15.2 Å². The highest BCUT2D eigenvalue weighted by atomic mass is 16.1. The summed E-state index contributed by atoms with van der Waals surface area (Å²) in [7, 11) is 0. The summed E-state index contributed by atoms with van der Waals surface area (Å²) in [4.78, 5) is 19.3. The van der Waals surface area contributed by atoms with Gasteiger partial charge < -0.3 is 5.32 Å². The van der Waals surface area contributed by atoms with Crippen LogP contribution in [0.3, 0.4) is 0 Å². The minimum atomic E-state index is 0.00726. The molecule has 0 unspecified atom stereocenters. The van der Waals surface area contributed by atoms with Crippen molar-refractivity contribution in [1.29, 1.82) is 0 Å². The summed E-state index contributed by atoms with van der Waals surface area (Å²) in [6, 6.07) is 18.4. The highest BCUT2D eigenvalue weighted by Gasteiger charge is 2.20. The average molecular weight is 374 g/mol. The fourth-order valence-corrected chi connectivity index (χ4v) is 3.86. The maximum Gasteiger partial charge on any atom is 0.251 e. The Morgan fingerprint density at radius 3 is 2.68 bits per heavy atom. The van der Waals surface area contributed by atoms with Gasteiger partial charge in [0.25, 0.3) is 5.91 Å². The molecule has 1 saturated heterocycles. The van der Waals surface area contributed by atoms with Crippen LogP contribution in [-0.4, -0.2) is 35.4 Å². The van der Waals surface area contributed by atoms with Crippen molar-refractivity contribution >= 4 is 16.8 Å². The van der Waals surface area contributed by atoms with Crippen molar-refractivity contribution in [3.8, 4) is 0 Å². The number of hydrogen-bond donors (Lipinski definition) is 1. The minimum absolute atomic E-state index is 0.00726. The number of carbonyl (C=O) groups is 1. The summed E-state index contributed by atoms with van der Waals surface area (Å²) in [5, 5.41) is 4.13. The van der Waals surface area contributed by atoms with Crippen LogP contribution in [0.1, 0.15) is 34.3 Å². The highest BCUT2D eigenvalue weighted by Crippen LogP contribution is 2.19. The van der Waals surface area contributed by atoms with Gasteiger partial charge >= 0.3 is 0 Å². The number of nitrogens with zero attached hydrogens (tertiary/aromatic N) is 2. The molecule has 1 fully saturated rings. The van der Waals surface area contributed by atoms with E-state index in [4.69, 9.17) is 0 Å². The number of aryl methyl sites for hydroxylation is 1. The first-order chi connectivity index (χ1) is 13.7.